The Morgan fingerprint density at radius 2 is 1.36 bits per heavy atom. The number of amides is 11. The Morgan fingerprint density at radius 3 is 1.89 bits per heavy atom. The van der Waals surface area contributed by atoms with E-state index in [4.69, 9.17) is 20.9 Å². The van der Waals surface area contributed by atoms with Crippen molar-refractivity contribution in [2.24, 2.45) is 41.1 Å². The van der Waals surface area contributed by atoms with Crippen LogP contribution in [0.1, 0.15) is 125 Å². The number of aliphatic hydroxyl groups excluding tert-OH is 1. The number of nitrogens with two attached hydrogens (primary N) is 2. The first-order chi connectivity index (χ1) is 42.3. The third-order valence-corrected chi connectivity index (χ3v) is 17.5. The van der Waals surface area contributed by atoms with E-state index < -0.39 is 121 Å². The third kappa shape index (κ3) is 20.1. The van der Waals surface area contributed by atoms with Crippen molar-refractivity contribution in [3.05, 3.63) is 77.9 Å². The predicted octanol–water partition coefficient (Wildman–Crippen LogP) is 2.85. The molecule has 2 aliphatic heterocycles. The summed E-state index contributed by atoms with van der Waals surface area (Å²) in [6.07, 6.45) is 1.87. The van der Waals surface area contributed by atoms with Gasteiger partial charge in [-0.15, -0.1) is 0 Å². The number of rotatable bonds is 35. The van der Waals surface area contributed by atoms with Crippen molar-refractivity contribution in [3.8, 4) is 0 Å². The van der Waals surface area contributed by atoms with Gasteiger partial charge in [0.25, 0.3) is 17.7 Å². The first-order valence-corrected chi connectivity index (χ1v) is 31.4. The number of ether oxygens (including phenoxy) is 2. The maximum absolute atomic E-state index is 14.9. The number of nitrogens with zero attached hydrogens (tertiary/aromatic N) is 4. The molecule has 25 heteroatoms. The van der Waals surface area contributed by atoms with Crippen LogP contribution >= 0.6 is 0 Å². The summed E-state index contributed by atoms with van der Waals surface area (Å²) >= 11 is 0. The second kappa shape index (κ2) is 34.8. The molecule has 0 spiro atoms. The van der Waals surface area contributed by atoms with Crippen LogP contribution in [0, 0.1) is 29.6 Å². The van der Waals surface area contributed by atoms with Crippen molar-refractivity contribution in [1.29, 1.82) is 0 Å². The molecule has 25 nitrogen and oxygen atoms in total. The lowest BCUT2D eigenvalue weighted by atomic mass is 9.89. The number of aliphatic hydroxyl groups is 1. The molecule has 2 aromatic carbocycles. The minimum atomic E-state index is -1.39. The fraction of sp³-hybridized carbons (Fsp3) is 0.631. The Kier molecular flexibility index (Phi) is 29.0. The number of nitrogens with one attached hydrogen (secondary N) is 6. The van der Waals surface area contributed by atoms with Crippen LogP contribution in [0.25, 0.3) is 0 Å². The molecule has 2 aromatic rings. The van der Waals surface area contributed by atoms with Gasteiger partial charge in [-0.05, 0) is 68.1 Å². The number of carbonyl (C=O) groups excluding carboxylic acids is 10. The fourth-order valence-corrected chi connectivity index (χ4v) is 12.5. The molecule has 11 N–H and O–H groups in total. The summed E-state index contributed by atoms with van der Waals surface area (Å²) in [7, 11) is 8.60. The number of likely N-dealkylation sites (tertiary alicyclic amines) is 1. The van der Waals surface area contributed by atoms with E-state index in [0.717, 1.165) is 17.7 Å². The number of primary amides is 1. The summed E-state index contributed by atoms with van der Waals surface area (Å²) in [5.41, 5.74) is 12.9. The van der Waals surface area contributed by atoms with E-state index in [1.54, 1.807) is 80.9 Å². The number of hydrogen-bond acceptors (Lipinski definition) is 14. The van der Waals surface area contributed by atoms with Gasteiger partial charge in [0, 0.05) is 70.2 Å². The molecule has 2 heterocycles. The molecule has 0 unspecified atom stereocenters. The van der Waals surface area contributed by atoms with Crippen molar-refractivity contribution in [2.45, 2.75) is 181 Å². The molecular formula is C65H103N12O13+. The minimum Gasteiger partial charge on any atom is -0.386 e. The summed E-state index contributed by atoms with van der Waals surface area (Å²) in [4.78, 5) is 140. The number of quaternary nitrogens is 1. The van der Waals surface area contributed by atoms with E-state index in [2.05, 4.69) is 31.9 Å². The molecule has 500 valence electrons. The van der Waals surface area contributed by atoms with E-state index >= 15 is 0 Å². The zero-order valence-corrected chi connectivity index (χ0v) is 55.4. The number of likely N-dealkylation sites (N-methyl/N-ethyl adjacent to an activating group) is 2. The fourth-order valence-electron chi connectivity index (χ4n) is 12.5. The SMILES string of the molecule is CC[C@H](C)[C@@H]([C@H](CC(=O)N1CCC[C@H]1[C@H](OC)[C@@H](C)C(=O)N[C@H](C)[C@H](O)c1ccccc1)OC)N(C)C(=O)[C@@H](NC(=O)[C@H](C(C)C)[N+](C)(C)Cc1ccc(NC(=O)[C@H](CCCNC(N)=O)NC(=O)[C@@H](NC(=O)[C@H](CN)N2C(=O)C=CC2=O)C(C)C)cc1)C(C)C. The Bertz CT molecular complexity index is 2780. The topological polar surface area (TPSA) is 343 Å². The van der Waals surface area contributed by atoms with E-state index in [1.165, 1.54) is 14.2 Å². The van der Waals surface area contributed by atoms with Gasteiger partial charge < -0.3 is 72.2 Å². The van der Waals surface area contributed by atoms with Crippen LogP contribution < -0.4 is 43.4 Å². The summed E-state index contributed by atoms with van der Waals surface area (Å²) in [5.74, 6) is -6.70. The molecule has 0 radical (unpaired) electrons. The Labute approximate surface area is 531 Å². The van der Waals surface area contributed by atoms with Gasteiger partial charge in [-0.1, -0.05) is 111 Å². The number of carbonyl (C=O) groups is 10. The monoisotopic (exact) mass is 1260 g/mol. The van der Waals surface area contributed by atoms with Crippen molar-refractivity contribution in [1.82, 2.24) is 41.3 Å². The molecule has 0 saturated carbocycles. The normalized spacial score (nSPS) is 18.3. The molecular weight excluding hydrogens is 1160 g/mol. The third-order valence-electron chi connectivity index (χ3n) is 17.5. The summed E-state index contributed by atoms with van der Waals surface area (Å²) < 4.78 is 12.3. The lowest BCUT2D eigenvalue weighted by Gasteiger charge is -2.42. The molecule has 0 aromatic heterocycles. The second-order valence-electron chi connectivity index (χ2n) is 25.6. The molecule has 1 fully saturated rings. The van der Waals surface area contributed by atoms with Gasteiger partial charge in [-0.25, -0.2) is 4.79 Å². The number of imide groups is 1. The smallest absolute Gasteiger partial charge is 0.312 e. The van der Waals surface area contributed by atoms with Crippen LogP contribution in [0.3, 0.4) is 0 Å². The first-order valence-electron chi connectivity index (χ1n) is 31.4. The van der Waals surface area contributed by atoms with E-state index in [1.807, 2.05) is 73.8 Å². The van der Waals surface area contributed by atoms with Gasteiger partial charge in [0.05, 0.1) is 62.9 Å². The number of anilines is 1. The molecule has 0 bridgehead atoms. The van der Waals surface area contributed by atoms with Crippen LogP contribution in [-0.4, -0.2) is 199 Å². The summed E-state index contributed by atoms with van der Waals surface area (Å²) in [5, 5.41) is 27.7. The van der Waals surface area contributed by atoms with Gasteiger partial charge in [-0.3, -0.25) is 48.1 Å². The lowest BCUT2D eigenvalue weighted by Crippen LogP contribution is -2.63. The highest BCUT2D eigenvalue weighted by Gasteiger charge is 2.45. The maximum atomic E-state index is 14.9. The standard InChI is InChI=1S/C65H102N12O13/c1-16-40(8)55(49(89-14)34-52(80)75-33-21-25-47(75)58(90-15)41(9)59(82)69-42(10)57(81)44-22-18-17-19-23-44)74(11)64(87)54(38(4)5)73-63(86)56(39(6)7)77(12,13)36-43-26-28-45(29-27-43)70-60(83)46(24-20-32-68-65(67)88)71-62(85)53(37(2)3)72-61(84)48(35-66)76-50(78)30-31-51(76)79/h17-19,22-23,26-31,37-42,46-49,53-58,81H,16,20-21,24-25,32-36,66H2,1-15H3,(H7-,67,68,69,70,71,72,73,82,83,84,85,86,88)/p+1/t40-,41+,42+,46-,47-,48-,49-,53-,54-,55-,56-,57-,58+/m0/s1. The highest BCUT2D eigenvalue weighted by molar-refractivity contribution is 6.15. The van der Waals surface area contributed by atoms with Gasteiger partial charge in [-0.2, -0.15) is 0 Å². The van der Waals surface area contributed by atoms with Gasteiger partial charge in [0.15, 0.2) is 6.04 Å². The summed E-state index contributed by atoms with van der Waals surface area (Å²) in [6.45, 7) is 18.9. The predicted molar refractivity (Wildman–Crippen MR) is 341 cm³/mol. The van der Waals surface area contributed by atoms with Crippen LogP contribution in [0.5, 0.6) is 0 Å². The van der Waals surface area contributed by atoms with Gasteiger partial charge in [0.2, 0.25) is 35.4 Å². The molecule has 4 rings (SSSR count). The average molecular weight is 1260 g/mol. The quantitative estimate of drug-likeness (QED) is 0.0272. The maximum Gasteiger partial charge on any atom is 0.312 e. The largest absolute Gasteiger partial charge is 0.386 e. The van der Waals surface area contributed by atoms with Crippen LogP contribution in [-0.2, 0) is 59.2 Å². The van der Waals surface area contributed by atoms with Gasteiger partial charge >= 0.3 is 6.03 Å². The van der Waals surface area contributed by atoms with Crippen LogP contribution in [0.2, 0.25) is 0 Å². The molecule has 2 aliphatic rings. The number of methoxy groups -OCH3 is 2. The Balaban J connectivity index is 1.47. The van der Waals surface area contributed by atoms with Crippen LogP contribution in [0.15, 0.2) is 66.7 Å². The Hall–Kier alpha value is -7.32. The van der Waals surface area contributed by atoms with Crippen molar-refractivity contribution < 1.29 is 67.0 Å². The molecule has 13 atom stereocenters. The Morgan fingerprint density at radius 1 is 0.756 bits per heavy atom. The number of benzene rings is 2. The molecule has 11 amide bonds. The van der Waals surface area contributed by atoms with E-state index in [0.29, 0.717) is 48.5 Å². The highest BCUT2D eigenvalue weighted by Crippen LogP contribution is 2.31. The molecule has 90 heavy (non-hydrogen) atoms. The average Bonchev–Trinajstić information content (AvgIpc) is 1.71. The number of urea groups is 1. The number of hydrogen-bond donors (Lipinski definition) is 9. The van der Waals surface area contributed by atoms with Crippen molar-refractivity contribution in [3.63, 3.8) is 0 Å². The van der Waals surface area contributed by atoms with Crippen molar-refractivity contribution in [2.75, 3.05) is 60.3 Å². The first kappa shape index (κ1) is 75.1. The zero-order chi connectivity index (χ0) is 67.5. The van der Waals surface area contributed by atoms with Gasteiger partial charge in [0.1, 0.15) is 30.7 Å². The molecule has 0 aliphatic carbocycles. The molecule has 1 saturated heterocycles. The van der Waals surface area contributed by atoms with E-state index in [-0.39, 0.29) is 71.7 Å². The summed E-state index contributed by atoms with van der Waals surface area (Å²) in [6, 6.07) is 8.31. The van der Waals surface area contributed by atoms with Crippen molar-refractivity contribution >= 4 is 64.9 Å². The minimum absolute atomic E-state index is 0.0455. The van der Waals surface area contributed by atoms with E-state index in [9.17, 15) is 53.1 Å². The highest BCUT2D eigenvalue weighted by atomic mass is 16.5. The zero-order valence-electron chi connectivity index (χ0n) is 55.4. The lowest BCUT2D eigenvalue weighted by molar-refractivity contribution is -0.922. The van der Waals surface area contributed by atoms with Crippen LogP contribution in [0.4, 0.5) is 10.5 Å². The second-order valence-corrected chi connectivity index (χ2v) is 25.6.